The van der Waals surface area contributed by atoms with Gasteiger partial charge in [-0.1, -0.05) is 42.5 Å². The highest BCUT2D eigenvalue weighted by Gasteiger charge is 2.29. The van der Waals surface area contributed by atoms with E-state index in [4.69, 9.17) is 0 Å². The second-order valence-electron chi connectivity index (χ2n) is 7.03. The number of benzene rings is 2. The normalized spacial score (nSPS) is 21.1. The van der Waals surface area contributed by atoms with Gasteiger partial charge in [-0.2, -0.15) is 0 Å². The summed E-state index contributed by atoms with van der Waals surface area (Å²) in [6, 6.07) is 19.2. The Labute approximate surface area is 164 Å². The Morgan fingerprint density at radius 2 is 1.69 bits per heavy atom. The van der Waals surface area contributed by atoms with Gasteiger partial charge in [0, 0.05) is 18.2 Å². The van der Waals surface area contributed by atoms with Crippen molar-refractivity contribution >= 4 is 29.4 Å². The first-order valence-corrected chi connectivity index (χ1v) is 11.6. The first-order chi connectivity index (χ1) is 12.8. The molecule has 0 saturated carbocycles. The zero-order chi connectivity index (χ0) is 17.8. The summed E-state index contributed by atoms with van der Waals surface area (Å²) < 4.78 is 0.533. The molecule has 4 rings (SSSR count). The van der Waals surface area contributed by atoms with Gasteiger partial charge in [0.2, 0.25) is 0 Å². The lowest BCUT2D eigenvalue weighted by Crippen LogP contribution is -2.36. The van der Waals surface area contributed by atoms with Crippen LogP contribution in [0.1, 0.15) is 45.3 Å². The summed E-state index contributed by atoms with van der Waals surface area (Å²) in [5, 5.41) is 0. The van der Waals surface area contributed by atoms with E-state index in [1.54, 1.807) is 0 Å². The highest BCUT2D eigenvalue weighted by atomic mass is 32.2. The summed E-state index contributed by atoms with van der Waals surface area (Å²) in [5.41, 5.74) is 3.50. The number of hydrogen-bond donors (Lipinski definition) is 0. The largest absolute Gasteiger partial charge is 0.335 e. The molecule has 2 aliphatic heterocycles. The molecule has 1 unspecified atom stereocenters. The maximum Gasteiger partial charge on any atom is 0.254 e. The van der Waals surface area contributed by atoms with E-state index in [0.29, 0.717) is 10.6 Å². The van der Waals surface area contributed by atoms with Crippen molar-refractivity contribution in [1.82, 2.24) is 4.90 Å². The maximum absolute atomic E-state index is 13.1. The van der Waals surface area contributed by atoms with Crippen molar-refractivity contribution in [2.75, 3.05) is 18.1 Å². The number of rotatable bonds is 4. The van der Waals surface area contributed by atoms with Crippen LogP contribution in [0, 0.1) is 0 Å². The van der Waals surface area contributed by atoms with E-state index in [1.165, 1.54) is 29.1 Å². The number of carbonyl (C=O) groups excluding carboxylic acids is 1. The van der Waals surface area contributed by atoms with Crippen molar-refractivity contribution in [3.63, 3.8) is 0 Å². The second-order valence-corrected chi connectivity index (χ2v) is 9.76. The summed E-state index contributed by atoms with van der Waals surface area (Å²) in [7, 11) is 0. The molecule has 136 valence electrons. The molecular formula is C22H25NOS2. The quantitative estimate of drug-likeness (QED) is 0.705. The molecule has 0 aromatic heterocycles. The fraction of sp³-hybridized carbons (Fsp3) is 0.409. The molecule has 2 aromatic carbocycles. The highest BCUT2D eigenvalue weighted by Crippen LogP contribution is 2.43. The molecule has 2 nitrogen and oxygen atoms in total. The molecule has 0 bridgehead atoms. The number of likely N-dealkylation sites (tertiary alicyclic amines) is 1. The second kappa shape index (κ2) is 8.53. The van der Waals surface area contributed by atoms with Crippen LogP contribution in [0.3, 0.4) is 0 Å². The van der Waals surface area contributed by atoms with Crippen molar-refractivity contribution in [2.45, 2.75) is 36.3 Å². The maximum atomic E-state index is 13.1. The lowest BCUT2D eigenvalue weighted by atomic mass is 10.0. The van der Waals surface area contributed by atoms with Gasteiger partial charge in [0.1, 0.15) is 0 Å². The Morgan fingerprint density at radius 3 is 2.42 bits per heavy atom. The van der Waals surface area contributed by atoms with Crippen molar-refractivity contribution in [3.05, 3.63) is 71.3 Å². The van der Waals surface area contributed by atoms with Crippen molar-refractivity contribution in [1.29, 1.82) is 0 Å². The molecule has 0 radical (unpaired) electrons. The number of hydrogen-bond acceptors (Lipinski definition) is 3. The van der Waals surface area contributed by atoms with Gasteiger partial charge in [-0.05, 0) is 60.4 Å². The Kier molecular flexibility index (Phi) is 5.91. The molecule has 0 N–H and O–H groups in total. The molecule has 0 aliphatic carbocycles. The van der Waals surface area contributed by atoms with Gasteiger partial charge >= 0.3 is 0 Å². The van der Waals surface area contributed by atoms with Gasteiger partial charge in [-0.3, -0.25) is 4.79 Å². The van der Waals surface area contributed by atoms with Gasteiger partial charge in [0.15, 0.2) is 0 Å². The Balaban J connectivity index is 1.44. The van der Waals surface area contributed by atoms with Crippen molar-refractivity contribution in [3.8, 4) is 0 Å². The highest BCUT2D eigenvalue weighted by molar-refractivity contribution is 8.16. The van der Waals surface area contributed by atoms with E-state index >= 15 is 0 Å². The Hall–Kier alpha value is -1.39. The number of carbonyl (C=O) groups is 1. The molecule has 2 fully saturated rings. The standard InChI is InChI=1S/C22H25NOS2/c24-21(18-9-11-19(12-10-18)22-25-14-5-15-26-22)23-13-4-8-20(23)16-17-6-2-1-3-7-17/h1-3,6-7,9-12,20,22H,4-5,8,13-16H2. The average molecular weight is 384 g/mol. The number of nitrogens with zero attached hydrogens (tertiary/aromatic N) is 1. The smallest absolute Gasteiger partial charge is 0.254 e. The van der Waals surface area contributed by atoms with Crippen molar-refractivity contribution < 1.29 is 4.79 Å². The minimum atomic E-state index is 0.193. The SMILES string of the molecule is O=C(c1ccc(C2SCCCS2)cc1)N1CCCC1Cc1ccccc1. The summed E-state index contributed by atoms with van der Waals surface area (Å²) in [4.78, 5) is 15.1. The molecule has 26 heavy (non-hydrogen) atoms. The third-order valence-electron chi connectivity index (χ3n) is 5.21. The molecule has 2 aliphatic rings. The monoisotopic (exact) mass is 383 g/mol. The molecular weight excluding hydrogens is 358 g/mol. The van der Waals surface area contributed by atoms with Gasteiger partial charge < -0.3 is 4.90 Å². The molecule has 2 aromatic rings. The Morgan fingerprint density at radius 1 is 0.962 bits per heavy atom. The third-order valence-corrected chi connectivity index (χ3v) is 8.22. The van der Waals surface area contributed by atoms with Crippen LogP contribution in [0.25, 0.3) is 0 Å². The van der Waals surface area contributed by atoms with E-state index in [9.17, 15) is 4.79 Å². The predicted octanol–water partition coefficient (Wildman–Crippen LogP) is 5.40. The average Bonchev–Trinajstić information content (AvgIpc) is 3.17. The first kappa shape index (κ1) is 18.0. The fourth-order valence-electron chi connectivity index (χ4n) is 3.83. The lowest BCUT2D eigenvalue weighted by Gasteiger charge is -2.25. The molecule has 0 spiro atoms. The summed E-state index contributed by atoms with van der Waals surface area (Å²) in [6.07, 6.45) is 4.48. The first-order valence-electron chi connectivity index (χ1n) is 9.49. The van der Waals surface area contributed by atoms with E-state index < -0.39 is 0 Å². The van der Waals surface area contributed by atoms with Gasteiger partial charge in [-0.15, -0.1) is 23.5 Å². The number of amides is 1. The van der Waals surface area contributed by atoms with Crippen LogP contribution in [-0.2, 0) is 6.42 Å². The van der Waals surface area contributed by atoms with Gasteiger partial charge in [0.05, 0.1) is 4.58 Å². The zero-order valence-corrected chi connectivity index (χ0v) is 16.6. The summed E-state index contributed by atoms with van der Waals surface area (Å²) in [5.74, 6) is 2.68. The van der Waals surface area contributed by atoms with Gasteiger partial charge in [-0.25, -0.2) is 0 Å². The van der Waals surface area contributed by atoms with Crippen LogP contribution < -0.4 is 0 Å². The van der Waals surface area contributed by atoms with Crippen LogP contribution in [0.5, 0.6) is 0 Å². The topological polar surface area (TPSA) is 20.3 Å². The predicted molar refractivity (Wildman–Crippen MR) is 113 cm³/mol. The van der Waals surface area contributed by atoms with Crippen molar-refractivity contribution in [2.24, 2.45) is 0 Å². The molecule has 1 amide bonds. The fourth-order valence-corrected chi connectivity index (χ4v) is 6.72. The minimum absolute atomic E-state index is 0.193. The van der Waals surface area contributed by atoms with Crippen LogP contribution >= 0.6 is 23.5 Å². The Bertz CT molecular complexity index is 726. The van der Waals surface area contributed by atoms with Crippen LogP contribution in [-0.4, -0.2) is 34.9 Å². The lowest BCUT2D eigenvalue weighted by molar-refractivity contribution is 0.0736. The third kappa shape index (κ3) is 4.12. The van der Waals surface area contributed by atoms with Gasteiger partial charge in [0.25, 0.3) is 5.91 Å². The number of thioether (sulfide) groups is 2. The molecule has 4 heteroatoms. The van der Waals surface area contributed by atoms with E-state index in [1.807, 2.05) is 41.7 Å². The van der Waals surface area contributed by atoms with Crippen LogP contribution in [0.4, 0.5) is 0 Å². The molecule has 2 saturated heterocycles. The van der Waals surface area contributed by atoms with E-state index in [0.717, 1.165) is 31.4 Å². The summed E-state index contributed by atoms with van der Waals surface area (Å²) in [6.45, 7) is 0.881. The van der Waals surface area contributed by atoms with Crippen LogP contribution in [0.15, 0.2) is 54.6 Å². The molecule has 2 heterocycles. The van der Waals surface area contributed by atoms with Crippen LogP contribution in [0.2, 0.25) is 0 Å². The van der Waals surface area contributed by atoms with E-state index in [-0.39, 0.29) is 5.91 Å². The van der Waals surface area contributed by atoms with E-state index in [2.05, 4.69) is 41.3 Å². The zero-order valence-electron chi connectivity index (χ0n) is 15.0. The molecule has 1 atom stereocenters. The minimum Gasteiger partial charge on any atom is -0.335 e. The summed E-state index contributed by atoms with van der Waals surface area (Å²) >= 11 is 4.05.